The molecule has 1 aromatic carbocycles. The molecule has 0 fully saturated rings. The molecule has 2 aromatic rings. The highest BCUT2D eigenvalue weighted by molar-refractivity contribution is 6.33. The van der Waals surface area contributed by atoms with Crippen molar-refractivity contribution in [1.29, 1.82) is 0 Å². The van der Waals surface area contributed by atoms with Crippen LogP contribution in [0.2, 0.25) is 5.02 Å². The molecule has 8 heteroatoms. The molecule has 1 unspecified atom stereocenters. The quantitative estimate of drug-likeness (QED) is 0.668. The molecule has 0 saturated carbocycles. The number of benzene rings is 1. The zero-order valence-electron chi connectivity index (χ0n) is 10.5. The van der Waals surface area contributed by atoms with Crippen molar-refractivity contribution < 1.29 is 9.72 Å². The molecule has 2 N–H and O–H groups in total. The molecule has 0 spiro atoms. The summed E-state index contributed by atoms with van der Waals surface area (Å²) in [4.78, 5) is 29.0. The molecular formula is C12H11ClN4O3. The number of carbonyl (C=O) groups is 1. The maximum absolute atomic E-state index is 12.0. The zero-order chi connectivity index (χ0) is 14.7. The average molecular weight is 295 g/mol. The second-order valence-electron chi connectivity index (χ2n) is 4.09. The lowest BCUT2D eigenvalue weighted by atomic mass is 10.2. The SMILES string of the molecule is CC(NC(=O)c1ccc([N+](=O)[O-])c(Cl)c1)c1ncc[nH]1. The first-order chi connectivity index (χ1) is 9.49. The minimum atomic E-state index is -0.602. The summed E-state index contributed by atoms with van der Waals surface area (Å²) in [7, 11) is 0. The molecule has 104 valence electrons. The molecule has 2 rings (SSSR count). The number of rotatable bonds is 4. The van der Waals surface area contributed by atoms with Gasteiger partial charge in [0.05, 0.1) is 11.0 Å². The molecule has 0 aliphatic heterocycles. The Kier molecular flexibility index (Phi) is 3.99. The maximum atomic E-state index is 12.0. The molecular weight excluding hydrogens is 284 g/mol. The fourth-order valence-electron chi connectivity index (χ4n) is 1.66. The number of aromatic nitrogens is 2. The van der Waals surface area contributed by atoms with Gasteiger partial charge in [-0.2, -0.15) is 0 Å². The fraction of sp³-hybridized carbons (Fsp3) is 0.167. The zero-order valence-corrected chi connectivity index (χ0v) is 11.2. The van der Waals surface area contributed by atoms with Gasteiger partial charge in [-0.1, -0.05) is 11.6 Å². The summed E-state index contributed by atoms with van der Waals surface area (Å²) in [6.45, 7) is 1.77. The number of nitro benzene ring substituents is 1. The van der Waals surface area contributed by atoms with Crippen molar-refractivity contribution in [3.8, 4) is 0 Å². The van der Waals surface area contributed by atoms with Gasteiger partial charge in [0.15, 0.2) is 0 Å². The number of carbonyl (C=O) groups excluding carboxylic acids is 1. The number of nitrogens with zero attached hydrogens (tertiary/aromatic N) is 2. The number of nitro groups is 1. The van der Waals surface area contributed by atoms with Crippen molar-refractivity contribution in [3.05, 3.63) is 57.1 Å². The van der Waals surface area contributed by atoms with Crippen molar-refractivity contribution in [2.24, 2.45) is 0 Å². The van der Waals surface area contributed by atoms with E-state index in [0.29, 0.717) is 5.82 Å². The van der Waals surface area contributed by atoms with Crippen molar-refractivity contribution in [1.82, 2.24) is 15.3 Å². The molecule has 1 heterocycles. The van der Waals surface area contributed by atoms with Gasteiger partial charge in [0.25, 0.3) is 11.6 Å². The summed E-state index contributed by atoms with van der Waals surface area (Å²) >= 11 is 5.76. The average Bonchev–Trinajstić information content (AvgIpc) is 2.91. The van der Waals surface area contributed by atoms with E-state index in [-0.39, 0.29) is 28.2 Å². The van der Waals surface area contributed by atoms with Gasteiger partial charge in [-0.15, -0.1) is 0 Å². The van der Waals surface area contributed by atoms with E-state index in [1.54, 1.807) is 19.3 Å². The first-order valence-corrected chi connectivity index (χ1v) is 6.11. The Morgan fingerprint density at radius 3 is 2.85 bits per heavy atom. The predicted molar refractivity (Wildman–Crippen MR) is 72.6 cm³/mol. The minimum absolute atomic E-state index is 0.0756. The van der Waals surface area contributed by atoms with Crippen LogP contribution < -0.4 is 5.32 Å². The number of imidazole rings is 1. The van der Waals surface area contributed by atoms with Crippen molar-refractivity contribution >= 4 is 23.2 Å². The Bertz CT molecular complexity index is 642. The summed E-state index contributed by atoms with van der Waals surface area (Å²) in [6, 6.07) is 3.51. The fourth-order valence-corrected chi connectivity index (χ4v) is 1.91. The second-order valence-corrected chi connectivity index (χ2v) is 4.50. The third kappa shape index (κ3) is 2.94. The van der Waals surface area contributed by atoms with Crippen LogP contribution in [0.25, 0.3) is 0 Å². The van der Waals surface area contributed by atoms with E-state index in [2.05, 4.69) is 15.3 Å². The van der Waals surface area contributed by atoms with Crippen LogP contribution in [0, 0.1) is 10.1 Å². The number of H-pyrrole nitrogens is 1. The third-order valence-corrected chi connectivity index (χ3v) is 2.99. The number of amides is 1. The molecule has 1 amide bonds. The standard InChI is InChI=1S/C12H11ClN4O3/c1-7(11-14-4-5-15-11)16-12(18)8-2-3-10(17(19)20)9(13)6-8/h2-7H,1H3,(H,14,15)(H,16,18). The lowest BCUT2D eigenvalue weighted by Crippen LogP contribution is -2.27. The number of halogens is 1. The van der Waals surface area contributed by atoms with Crippen LogP contribution in [0.4, 0.5) is 5.69 Å². The summed E-state index contributed by atoms with van der Waals surface area (Å²) < 4.78 is 0. The van der Waals surface area contributed by atoms with Gasteiger partial charge in [-0.05, 0) is 19.1 Å². The lowest BCUT2D eigenvalue weighted by molar-refractivity contribution is -0.384. The van der Waals surface area contributed by atoms with Gasteiger partial charge in [-0.25, -0.2) is 4.98 Å². The highest BCUT2D eigenvalue weighted by Crippen LogP contribution is 2.25. The van der Waals surface area contributed by atoms with Crippen LogP contribution in [0.5, 0.6) is 0 Å². The lowest BCUT2D eigenvalue weighted by Gasteiger charge is -2.11. The summed E-state index contributed by atoms with van der Waals surface area (Å²) in [5, 5.41) is 13.3. The minimum Gasteiger partial charge on any atom is -0.347 e. The molecule has 0 saturated heterocycles. The van der Waals surface area contributed by atoms with Crippen molar-refractivity contribution in [2.45, 2.75) is 13.0 Å². The normalized spacial score (nSPS) is 11.9. The smallest absolute Gasteiger partial charge is 0.287 e. The van der Waals surface area contributed by atoms with E-state index < -0.39 is 4.92 Å². The van der Waals surface area contributed by atoms with Crippen LogP contribution in [0.3, 0.4) is 0 Å². The van der Waals surface area contributed by atoms with E-state index in [9.17, 15) is 14.9 Å². The Labute approximate surface area is 119 Å². The number of hydrogen-bond acceptors (Lipinski definition) is 4. The Hall–Kier alpha value is -2.41. The van der Waals surface area contributed by atoms with Crippen molar-refractivity contribution in [3.63, 3.8) is 0 Å². The molecule has 0 radical (unpaired) electrons. The molecule has 7 nitrogen and oxygen atoms in total. The Morgan fingerprint density at radius 1 is 1.55 bits per heavy atom. The molecule has 1 aromatic heterocycles. The Morgan fingerprint density at radius 2 is 2.30 bits per heavy atom. The van der Waals surface area contributed by atoms with E-state index in [4.69, 9.17) is 11.6 Å². The molecule has 1 atom stereocenters. The van der Waals surface area contributed by atoms with Crippen LogP contribution in [0.1, 0.15) is 29.1 Å². The van der Waals surface area contributed by atoms with Gasteiger partial charge in [0.1, 0.15) is 10.8 Å². The third-order valence-electron chi connectivity index (χ3n) is 2.68. The molecule has 0 aliphatic rings. The van der Waals surface area contributed by atoms with E-state index >= 15 is 0 Å². The molecule has 0 aliphatic carbocycles. The monoisotopic (exact) mass is 294 g/mol. The second kappa shape index (κ2) is 5.70. The van der Waals surface area contributed by atoms with Gasteiger partial charge >= 0.3 is 0 Å². The van der Waals surface area contributed by atoms with E-state index in [1.807, 2.05) is 0 Å². The Balaban J connectivity index is 2.14. The highest BCUT2D eigenvalue weighted by atomic mass is 35.5. The summed E-state index contributed by atoms with van der Waals surface area (Å²) in [5.74, 6) is 0.233. The predicted octanol–water partition coefficient (Wildman–Crippen LogP) is 2.46. The van der Waals surface area contributed by atoms with Crippen LogP contribution in [-0.4, -0.2) is 20.8 Å². The first-order valence-electron chi connectivity index (χ1n) is 5.73. The van der Waals surface area contributed by atoms with Crippen molar-refractivity contribution in [2.75, 3.05) is 0 Å². The van der Waals surface area contributed by atoms with Crippen LogP contribution >= 0.6 is 11.6 Å². The van der Waals surface area contributed by atoms with E-state index in [0.717, 1.165) is 0 Å². The highest BCUT2D eigenvalue weighted by Gasteiger charge is 2.17. The number of nitrogens with one attached hydrogen (secondary N) is 2. The molecule has 0 bridgehead atoms. The first kappa shape index (κ1) is 14.0. The van der Waals surface area contributed by atoms with Gasteiger partial charge in [0, 0.05) is 24.0 Å². The van der Waals surface area contributed by atoms with Gasteiger partial charge in [0.2, 0.25) is 0 Å². The maximum Gasteiger partial charge on any atom is 0.287 e. The largest absolute Gasteiger partial charge is 0.347 e. The van der Waals surface area contributed by atoms with Gasteiger partial charge in [-0.3, -0.25) is 14.9 Å². The summed E-state index contributed by atoms with van der Waals surface area (Å²) in [6.07, 6.45) is 3.24. The molecule has 20 heavy (non-hydrogen) atoms. The number of hydrogen-bond donors (Lipinski definition) is 2. The van der Waals surface area contributed by atoms with E-state index in [1.165, 1.54) is 18.2 Å². The van der Waals surface area contributed by atoms with Crippen LogP contribution in [0.15, 0.2) is 30.6 Å². The van der Waals surface area contributed by atoms with Gasteiger partial charge < -0.3 is 10.3 Å². The topological polar surface area (TPSA) is 101 Å². The van der Waals surface area contributed by atoms with Crippen LogP contribution in [-0.2, 0) is 0 Å². The number of aromatic amines is 1. The summed E-state index contributed by atoms with van der Waals surface area (Å²) in [5.41, 5.74) is 0.0151.